The Hall–Kier alpha value is -0.420. The number of ketones is 1. The molecule has 86 valence electrons. The second-order valence-electron chi connectivity index (χ2n) is 4.21. The Morgan fingerprint density at radius 1 is 1.31 bits per heavy atom. The van der Waals surface area contributed by atoms with Crippen molar-refractivity contribution in [1.82, 2.24) is 0 Å². The highest BCUT2D eigenvalue weighted by atomic mass is 127. The highest BCUT2D eigenvalue weighted by Gasteiger charge is 2.20. The van der Waals surface area contributed by atoms with Crippen LogP contribution < -0.4 is 0 Å². The van der Waals surface area contributed by atoms with Crippen molar-refractivity contribution >= 4 is 28.4 Å². The van der Waals surface area contributed by atoms with E-state index in [9.17, 15) is 4.79 Å². The van der Waals surface area contributed by atoms with Crippen molar-refractivity contribution < 1.29 is 9.53 Å². The quantitative estimate of drug-likeness (QED) is 0.455. The normalized spacial score (nSPS) is 15.1. The minimum Gasteiger partial charge on any atom is -0.373 e. The maximum Gasteiger partial charge on any atom is 0.188 e. The molecule has 1 saturated carbocycles. The molecule has 0 bridgehead atoms. The fourth-order valence-electron chi connectivity index (χ4n) is 1.54. The zero-order valence-corrected chi connectivity index (χ0v) is 11.3. The van der Waals surface area contributed by atoms with E-state index in [2.05, 4.69) is 22.6 Å². The lowest BCUT2D eigenvalue weighted by Gasteiger charge is -2.03. The van der Waals surface area contributed by atoms with Crippen LogP contribution in [0.4, 0.5) is 0 Å². The number of Topliss-reactive ketones (excluding diaryl/α,β-unsaturated/α-hetero) is 1. The molecule has 2 rings (SSSR count). The topological polar surface area (TPSA) is 26.3 Å². The van der Waals surface area contributed by atoms with Crippen LogP contribution in [0.15, 0.2) is 24.3 Å². The molecular formula is C13H15IO2. The maximum atomic E-state index is 11.7. The second kappa shape index (κ2) is 5.77. The molecule has 0 spiro atoms. The zero-order valence-electron chi connectivity index (χ0n) is 9.12. The lowest BCUT2D eigenvalue weighted by molar-refractivity contribution is 0.0748. The average Bonchev–Trinajstić information content (AvgIpc) is 3.09. The lowest BCUT2D eigenvalue weighted by Crippen LogP contribution is -2.10. The van der Waals surface area contributed by atoms with Crippen LogP contribution in [0.3, 0.4) is 0 Å². The number of ether oxygens (including phenoxy) is 1. The molecule has 0 atom stereocenters. The second-order valence-corrected chi connectivity index (χ2v) is 5.46. The van der Waals surface area contributed by atoms with Gasteiger partial charge in [-0.05, 0) is 47.1 Å². The van der Waals surface area contributed by atoms with Crippen LogP contribution in [-0.4, -0.2) is 19.0 Å². The summed E-state index contributed by atoms with van der Waals surface area (Å²) in [7, 11) is 0. The van der Waals surface area contributed by atoms with Gasteiger partial charge in [-0.2, -0.15) is 0 Å². The molecule has 0 saturated heterocycles. The van der Waals surface area contributed by atoms with Gasteiger partial charge < -0.3 is 4.74 Å². The van der Waals surface area contributed by atoms with Crippen molar-refractivity contribution in [2.75, 3.05) is 13.2 Å². The molecular weight excluding hydrogens is 315 g/mol. The molecule has 16 heavy (non-hydrogen) atoms. The van der Waals surface area contributed by atoms with E-state index in [0.29, 0.717) is 0 Å². The fraction of sp³-hybridized carbons (Fsp3) is 0.462. The molecule has 1 aliphatic carbocycles. The standard InChI is InChI=1S/C13H15IO2/c14-12-5-3-11(4-6-12)13(15)9-16-8-7-10-1-2-10/h3-6,10H,1-2,7-9H2. The molecule has 0 aliphatic heterocycles. The number of hydrogen-bond donors (Lipinski definition) is 0. The molecule has 2 nitrogen and oxygen atoms in total. The minimum absolute atomic E-state index is 0.0761. The number of carbonyl (C=O) groups excluding carboxylic acids is 1. The van der Waals surface area contributed by atoms with Crippen LogP contribution in [0.1, 0.15) is 29.6 Å². The van der Waals surface area contributed by atoms with Gasteiger partial charge in [0.15, 0.2) is 5.78 Å². The summed E-state index contributed by atoms with van der Waals surface area (Å²) in [6.07, 6.45) is 3.79. The van der Waals surface area contributed by atoms with E-state index in [-0.39, 0.29) is 12.4 Å². The van der Waals surface area contributed by atoms with Crippen LogP contribution in [0.2, 0.25) is 0 Å². The predicted molar refractivity (Wildman–Crippen MR) is 71.6 cm³/mol. The van der Waals surface area contributed by atoms with Crippen LogP contribution in [-0.2, 0) is 4.74 Å². The number of rotatable bonds is 6. The van der Waals surface area contributed by atoms with Gasteiger partial charge in [-0.25, -0.2) is 0 Å². The third-order valence-corrected chi connectivity index (χ3v) is 3.49. The Balaban J connectivity index is 1.71. The van der Waals surface area contributed by atoms with Gasteiger partial charge in [-0.15, -0.1) is 0 Å². The van der Waals surface area contributed by atoms with Gasteiger partial charge in [-0.3, -0.25) is 4.79 Å². The monoisotopic (exact) mass is 330 g/mol. The Morgan fingerprint density at radius 2 is 2.00 bits per heavy atom. The molecule has 0 unspecified atom stereocenters. The van der Waals surface area contributed by atoms with Gasteiger partial charge in [0.05, 0.1) is 0 Å². The van der Waals surface area contributed by atoms with Crippen LogP contribution >= 0.6 is 22.6 Å². The van der Waals surface area contributed by atoms with E-state index in [1.165, 1.54) is 12.8 Å². The molecule has 0 aromatic heterocycles. The van der Waals surface area contributed by atoms with Crippen LogP contribution in [0.25, 0.3) is 0 Å². The summed E-state index contributed by atoms with van der Waals surface area (Å²) < 4.78 is 6.52. The summed E-state index contributed by atoms with van der Waals surface area (Å²) in [6, 6.07) is 7.60. The minimum atomic E-state index is 0.0761. The lowest BCUT2D eigenvalue weighted by atomic mass is 10.1. The molecule has 0 radical (unpaired) electrons. The summed E-state index contributed by atoms with van der Waals surface area (Å²) in [4.78, 5) is 11.7. The van der Waals surface area contributed by atoms with E-state index in [1.807, 2.05) is 24.3 Å². The molecule has 1 aromatic carbocycles. The van der Waals surface area contributed by atoms with Gasteiger partial charge in [0.25, 0.3) is 0 Å². The number of halogens is 1. The van der Waals surface area contributed by atoms with Crippen molar-refractivity contribution in [3.63, 3.8) is 0 Å². The van der Waals surface area contributed by atoms with Crippen molar-refractivity contribution in [1.29, 1.82) is 0 Å². The smallest absolute Gasteiger partial charge is 0.188 e. The summed E-state index contributed by atoms with van der Waals surface area (Å²) >= 11 is 2.23. The largest absolute Gasteiger partial charge is 0.373 e. The number of carbonyl (C=O) groups is 1. The summed E-state index contributed by atoms with van der Waals surface area (Å²) in [5.74, 6) is 0.945. The van der Waals surface area contributed by atoms with Crippen LogP contribution in [0, 0.1) is 9.49 Å². The molecule has 0 amide bonds. The van der Waals surface area contributed by atoms with E-state index in [1.54, 1.807) is 0 Å². The van der Waals surface area contributed by atoms with Crippen molar-refractivity contribution in [2.45, 2.75) is 19.3 Å². The maximum absolute atomic E-state index is 11.7. The first kappa shape index (κ1) is 12.0. The van der Waals surface area contributed by atoms with Crippen molar-refractivity contribution in [3.8, 4) is 0 Å². The van der Waals surface area contributed by atoms with Crippen LogP contribution in [0.5, 0.6) is 0 Å². The number of benzene rings is 1. The van der Waals surface area contributed by atoms with Crippen molar-refractivity contribution in [2.24, 2.45) is 5.92 Å². The Morgan fingerprint density at radius 3 is 2.62 bits per heavy atom. The summed E-state index contributed by atoms with van der Waals surface area (Å²) in [5, 5.41) is 0. The third-order valence-electron chi connectivity index (χ3n) is 2.77. The molecule has 1 fully saturated rings. The molecule has 1 aromatic rings. The molecule has 0 heterocycles. The first-order chi connectivity index (χ1) is 7.75. The summed E-state index contributed by atoms with van der Waals surface area (Å²) in [6.45, 7) is 0.939. The highest BCUT2D eigenvalue weighted by molar-refractivity contribution is 14.1. The Bertz CT molecular complexity index is 355. The molecule has 0 N–H and O–H groups in total. The number of hydrogen-bond acceptors (Lipinski definition) is 2. The van der Waals surface area contributed by atoms with E-state index < -0.39 is 0 Å². The zero-order chi connectivity index (χ0) is 11.4. The van der Waals surface area contributed by atoms with E-state index in [0.717, 1.165) is 28.1 Å². The first-order valence-electron chi connectivity index (χ1n) is 5.62. The average molecular weight is 330 g/mol. The third kappa shape index (κ3) is 3.87. The first-order valence-corrected chi connectivity index (χ1v) is 6.70. The van der Waals surface area contributed by atoms with Gasteiger partial charge in [0, 0.05) is 15.7 Å². The van der Waals surface area contributed by atoms with E-state index in [4.69, 9.17) is 4.74 Å². The van der Waals surface area contributed by atoms with Gasteiger partial charge in [-0.1, -0.05) is 25.0 Å². The molecule has 1 aliphatic rings. The van der Waals surface area contributed by atoms with E-state index >= 15 is 0 Å². The SMILES string of the molecule is O=C(COCCC1CC1)c1ccc(I)cc1. The predicted octanol–water partition coefficient (Wildman–Crippen LogP) is 3.29. The van der Waals surface area contributed by atoms with Gasteiger partial charge >= 0.3 is 0 Å². The Kier molecular flexibility index (Phi) is 4.35. The summed E-state index contributed by atoms with van der Waals surface area (Å²) in [5.41, 5.74) is 0.742. The Labute approximate surface area is 110 Å². The van der Waals surface area contributed by atoms with Crippen molar-refractivity contribution in [3.05, 3.63) is 33.4 Å². The van der Waals surface area contributed by atoms with Gasteiger partial charge in [0.1, 0.15) is 6.61 Å². The highest BCUT2D eigenvalue weighted by Crippen LogP contribution is 2.32. The van der Waals surface area contributed by atoms with Gasteiger partial charge in [0.2, 0.25) is 0 Å². The molecule has 3 heteroatoms. The fourth-order valence-corrected chi connectivity index (χ4v) is 1.90.